The summed E-state index contributed by atoms with van der Waals surface area (Å²) in [7, 11) is 0. The molecule has 5 aromatic carbocycles. The van der Waals surface area contributed by atoms with Crippen LogP contribution in [-0.4, -0.2) is 9.13 Å². The van der Waals surface area contributed by atoms with Gasteiger partial charge in [-0.2, -0.15) is 0 Å². The first-order valence-corrected chi connectivity index (χ1v) is 11.6. The van der Waals surface area contributed by atoms with Crippen molar-refractivity contribution in [3.05, 3.63) is 127 Å². The van der Waals surface area contributed by atoms with Crippen molar-refractivity contribution in [1.29, 1.82) is 0 Å². The Morgan fingerprint density at radius 3 is 1.82 bits per heavy atom. The summed E-state index contributed by atoms with van der Waals surface area (Å²) in [6.45, 7) is 3.91. The second-order valence-electron chi connectivity index (χ2n) is 8.69. The number of hydrogen-bond acceptors (Lipinski definition) is 0. The Kier molecular flexibility index (Phi) is 4.03. The molecule has 2 nitrogen and oxygen atoms in total. The summed E-state index contributed by atoms with van der Waals surface area (Å²) in [5.74, 6) is 0. The van der Waals surface area contributed by atoms with E-state index in [1.807, 2.05) is 6.08 Å². The number of rotatable bonds is 3. The van der Waals surface area contributed by atoms with Crippen molar-refractivity contribution < 1.29 is 0 Å². The molecule has 0 fully saturated rings. The summed E-state index contributed by atoms with van der Waals surface area (Å²) in [4.78, 5) is 0. The number of hydrogen-bond donors (Lipinski definition) is 0. The number of aromatic nitrogens is 2. The Morgan fingerprint density at radius 1 is 0.471 bits per heavy atom. The molecule has 0 N–H and O–H groups in total. The van der Waals surface area contributed by atoms with Gasteiger partial charge in [0.15, 0.2) is 0 Å². The molecular formula is C32H22N2. The molecule has 2 heteroatoms. The van der Waals surface area contributed by atoms with E-state index in [2.05, 4.69) is 131 Å². The van der Waals surface area contributed by atoms with Gasteiger partial charge in [0, 0.05) is 32.9 Å². The fourth-order valence-electron chi connectivity index (χ4n) is 5.39. The van der Waals surface area contributed by atoms with Crippen LogP contribution < -0.4 is 0 Å². The van der Waals surface area contributed by atoms with Crippen molar-refractivity contribution in [1.82, 2.24) is 9.13 Å². The molecule has 0 saturated carbocycles. The number of fused-ring (bicyclic) bond motifs is 7. The highest BCUT2D eigenvalue weighted by Crippen LogP contribution is 2.41. The van der Waals surface area contributed by atoms with Gasteiger partial charge in [0.1, 0.15) is 0 Å². The first-order chi connectivity index (χ1) is 16.8. The smallest absolute Gasteiger partial charge is 0.0641 e. The fraction of sp³-hybridized carbons (Fsp3) is 0. The zero-order chi connectivity index (χ0) is 22.6. The van der Waals surface area contributed by atoms with Crippen LogP contribution in [0.15, 0.2) is 122 Å². The lowest BCUT2D eigenvalue weighted by atomic mass is 10.1. The largest absolute Gasteiger partial charge is 0.309 e. The summed E-state index contributed by atoms with van der Waals surface area (Å²) >= 11 is 0. The lowest BCUT2D eigenvalue weighted by Gasteiger charge is -2.10. The molecule has 7 aromatic rings. The van der Waals surface area contributed by atoms with Crippen molar-refractivity contribution >= 4 is 49.7 Å². The molecule has 0 aliphatic rings. The van der Waals surface area contributed by atoms with E-state index in [-0.39, 0.29) is 0 Å². The molecule has 7 rings (SSSR count). The van der Waals surface area contributed by atoms with Gasteiger partial charge >= 0.3 is 0 Å². The van der Waals surface area contributed by atoms with Gasteiger partial charge < -0.3 is 9.13 Å². The van der Waals surface area contributed by atoms with Gasteiger partial charge in [-0.25, -0.2) is 0 Å². The molecule has 0 atom stereocenters. The van der Waals surface area contributed by atoms with Gasteiger partial charge in [0.05, 0.1) is 22.1 Å². The number of para-hydroxylation sites is 3. The minimum Gasteiger partial charge on any atom is -0.309 e. The van der Waals surface area contributed by atoms with Crippen molar-refractivity contribution in [2.45, 2.75) is 0 Å². The van der Waals surface area contributed by atoms with Crippen LogP contribution in [0.3, 0.4) is 0 Å². The standard InChI is InChI=1S/C32H22N2/c1-2-22-16-18-24(19-17-22)33-29-15-9-7-13-27(29)31-30(33)21-20-26-25-12-6-8-14-28(25)34(32(26)31)23-10-4-3-5-11-23/h2-21H,1H2. The minimum absolute atomic E-state index is 1.12. The second kappa shape index (κ2) is 7.23. The fourth-order valence-corrected chi connectivity index (χ4v) is 5.39. The van der Waals surface area contributed by atoms with Crippen LogP contribution in [0.5, 0.6) is 0 Å². The Hall–Kier alpha value is -4.56. The topological polar surface area (TPSA) is 9.86 Å². The third kappa shape index (κ3) is 2.57. The first-order valence-electron chi connectivity index (χ1n) is 11.6. The van der Waals surface area contributed by atoms with Crippen LogP contribution in [0.2, 0.25) is 0 Å². The molecule has 0 saturated heterocycles. The van der Waals surface area contributed by atoms with E-state index in [4.69, 9.17) is 0 Å². The van der Waals surface area contributed by atoms with E-state index < -0.39 is 0 Å². The monoisotopic (exact) mass is 434 g/mol. The van der Waals surface area contributed by atoms with E-state index in [9.17, 15) is 0 Å². The zero-order valence-electron chi connectivity index (χ0n) is 18.6. The third-order valence-corrected chi connectivity index (χ3v) is 6.87. The Labute approximate surface area is 197 Å². The highest BCUT2D eigenvalue weighted by Gasteiger charge is 2.20. The van der Waals surface area contributed by atoms with Crippen molar-refractivity contribution in [2.24, 2.45) is 0 Å². The van der Waals surface area contributed by atoms with Crippen molar-refractivity contribution in [3.63, 3.8) is 0 Å². The third-order valence-electron chi connectivity index (χ3n) is 6.87. The number of nitrogens with zero attached hydrogens (tertiary/aromatic N) is 2. The molecule has 2 aromatic heterocycles. The number of benzene rings is 5. The molecule has 0 radical (unpaired) electrons. The van der Waals surface area contributed by atoms with Gasteiger partial charge in [-0.05, 0) is 48.0 Å². The van der Waals surface area contributed by atoms with Crippen LogP contribution >= 0.6 is 0 Å². The summed E-state index contributed by atoms with van der Waals surface area (Å²) in [6, 6.07) is 41.3. The van der Waals surface area contributed by atoms with E-state index in [1.54, 1.807) is 0 Å². The summed E-state index contributed by atoms with van der Waals surface area (Å²) < 4.78 is 4.80. The van der Waals surface area contributed by atoms with Crippen LogP contribution in [0.4, 0.5) is 0 Å². The van der Waals surface area contributed by atoms with Crippen LogP contribution in [0.25, 0.3) is 61.1 Å². The SMILES string of the molecule is C=Cc1ccc(-n2c3ccccc3c3c2ccc2c4ccccc4n(-c4ccccc4)c23)cc1. The molecule has 0 spiro atoms. The van der Waals surface area contributed by atoms with Crippen LogP contribution in [0, 0.1) is 0 Å². The van der Waals surface area contributed by atoms with Crippen molar-refractivity contribution in [2.75, 3.05) is 0 Å². The zero-order valence-corrected chi connectivity index (χ0v) is 18.6. The summed E-state index contributed by atoms with van der Waals surface area (Å²) in [5.41, 5.74) is 8.34. The van der Waals surface area contributed by atoms with Gasteiger partial charge in [0.25, 0.3) is 0 Å². The molecule has 160 valence electrons. The average Bonchev–Trinajstić information content (AvgIpc) is 3.42. The molecule has 0 amide bonds. The van der Waals surface area contributed by atoms with Gasteiger partial charge in [-0.1, -0.05) is 85.5 Å². The normalized spacial score (nSPS) is 11.6. The van der Waals surface area contributed by atoms with Gasteiger partial charge in [-0.15, -0.1) is 0 Å². The Bertz CT molecular complexity index is 1850. The lowest BCUT2D eigenvalue weighted by Crippen LogP contribution is -1.95. The van der Waals surface area contributed by atoms with Crippen LogP contribution in [0.1, 0.15) is 5.56 Å². The van der Waals surface area contributed by atoms with Gasteiger partial charge in [0.2, 0.25) is 0 Å². The van der Waals surface area contributed by atoms with Gasteiger partial charge in [-0.3, -0.25) is 0 Å². The molecule has 2 heterocycles. The Morgan fingerprint density at radius 2 is 1.09 bits per heavy atom. The van der Waals surface area contributed by atoms with Crippen molar-refractivity contribution in [3.8, 4) is 11.4 Å². The Balaban J connectivity index is 1.71. The van der Waals surface area contributed by atoms with E-state index >= 15 is 0 Å². The maximum absolute atomic E-state index is 3.91. The van der Waals surface area contributed by atoms with E-state index in [1.165, 1.54) is 49.3 Å². The predicted octanol–water partition coefficient (Wildman–Crippen LogP) is 8.52. The first kappa shape index (κ1) is 19.0. The van der Waals surface area contributed by atoms with Crippen LogP contribution in [-0.2, 0) is 0 Å². The summed E-state index contributed by atoms with van der Waals surface area (Å²) in [5, 5.41) is 5.09. The minimum atomic E-state index is 1.12. The summed E-state index contributed by atoms with van der Waals surface area (Å²) in [6.07, 6.45) is 1.89. The highest BCUT2D eigenvalue weighted by atomic mass is 15.0. The quantitative estimate of drug-likeness (QED) is 0.264. The molecular weight excluding hydrogens is 412 g/mol. The molecule has 34 heavy (non-hydrogen) atoms. The van der Waals surface area contributed by atoms with E-state index in [0.717, 1.165) is 11.3 Å². The highest BCUT2D eigenvalue weighted by molar-refractivity contribution is 6.26. The molecule has 0 bridgehead atoms. The second-order valence-corrected chi connectivity index (χ2v) is 8.69. The predicted molar refractivity (Wildman–Crippen MR) is 145 cm³/mol. The average molecular weight is 435 g/mol. The van der Waals surface area contributed by atoms with E-state index in [0.29, 0.717) is 0 Å². The molecule has 0 aliphatic carbocycles. The maximum Gasteiger partial charge on any atom is 0.0641 e. The molecule has 0 unspecified atom stereocenters. The molecule has 0 aliphatic heterocycles. The lowest BCUT2D eigenvalue weighted by molar-refractivity contribution is 1.17. The maximum atomic E-state index is 3.91.